The maximum atomic E-state index is 12.8. The van der Waals surface area contributed by atoms with E-state index in [-0.39, 0.29) is 5.82 Å². The SMILES string of the molecule is Fc1cccc(CNC2=NCCN2)c1. The third-order valence-electron chi connectivity index (χ3n) is 2.02. The summed E-state index contributed by atoms with van der Waals surface area (Å²) in [6.07, 6.45) is 0. The largest absolute Gasteiger partial charge is 0.355 e. The van der Waals surface area contributed by atoms with E-state index in [1.807, 2.05) is 6.07 Å². The van der Waals surface area contributed by atoms with Gasteiger partial charge in [0.05, 0.1) is 6.54 Å². The van der Waals surface area contributed by atoms with Crippen molar-refractivity contribution in [1.82, 2.24) is 10.6 Å². The molecule has 1 aromatic rings. The van der Waals surface area contributed by atoms with E-state index in [4.69, 9.17) is 0 Å². The average molecular weight is 193 g/mol. The Morgan fingerprint density at radius 3 is 3.14 bits per heavy atom. The van der Waals surface area contributed by atoms with Crippen LogP contribution < -0.4 is 10.6 Å². The van der Waals surface area contributed by atoms with Crippen LogP contribution in [0.25, 0.3) is 0 Å². The molecule has 0 aromatic heterocycles. The van der Waals surface area contributed by atoms with Gasteiger partial charge in [0.25, 0.3) is 0 Å². The molecule has 0 fully saturated rings. The first-order chi connectivity index (χ1) is 6.84. The second-order valence-corrected chi connectivity index (χ2v) is 3.14. The Balaban J connectivity index is 1.91. The van der Waals surface area contributed by atoms with Crippen LogP contribution in [0.2, 0.25) is 0 Å². The minimum atomic E-state index is -0.203. The lowest BCUT2D eigenvalue weighted by atomic mass is 10.2. The monoisotopic (exact) mass is 193 g/mol. The van der Waals surface area contributed by atoms with Crippen molar-refractivity contribution >= 4 is 5.96 Å². The van der Waals surface area contributed by atoms with E-state index < -0.39 is 0 Å². The smallest absolute Gasteiger partial charge is 0.191 e. The highest BCUT2D eigenvalue weighted by molar-refractivity contribution is 5.81. The molecule has 0 saturated heterocycles. The summed E-state index contributed by atoms with van der Waals surface area (Å²) in [7, 11) is 0. The standard InChI is InChI=1S/C10H12FN3/c11-9-3-1-2-8(6-9)7-14-10-12-4-5-13-10/h1-3,6H,4-5,7H2,(H2,12,13,14). The van der Waals surface area contributed by atoms with Gasteiger partial charge < -0.3 is 10.6 Å². The summed E-state index contributed by atoms with van der Waals surface area (Å²) >= 11 is 0. The van der Waals surface area contributed by atoms with Gasteiger partial charge in [0.15, 0.2) is 5.96 Å². The molecule has 14 heavy (non-hydrogen) atoms. The fourth-order valence-electron chi connectivity index (χ4n) is 1.35. The van der Waals surface area contributed by atoms with Crippen molar-refractivity contribution in [2.24, 2.45) is 4.99 Å². The molecule has 0 saturated carbocycles. The maximum Gasteiger partial charge on any atom is 0.191 e. The van der Waals surface area contributed by atoms with Crippen molar-refractivity contribution in [3.63, 3.8) is 0 Å². The molecule has 74 valence electrons. The number of nitrogens with one attached hydrogen (secondary N) is 2. The van der Waals surface area contributed by atoms with E-state index in [2.05, 4.69) is 15.6 Å². The Kier molecular flexibility index (Phi) is 2.62. The van der Waals surface area contributed by atoms with E-state index in [1.54, 1.807) is 6.07 Å². The summed E-state index contributed by atoms with van der Waals surface area (Å²) in [5.74, 6) is 0.597. The van der Waals surface area contributed by atoms with Crippen molar-refractivity contribution in [3.05, 3.63) is 35.6 Å². The van der Waals surface area contributed by atoms with E-state index >= 15 is 0 Å². The molecule has 0 amide bonds. The summed E-state index contributed by atoms with van der Waals surface area (Å²) in [4.78, 5) is 4.17. The van der Waals surface area contributed by atoms with Crippen molar-refractivity contribution in [3.8, 4) is 0 Å². The predicted octanol–water partition coefficient (Wildman–Crippen LogP) is 0.875. The lowest BCUT2D eigenvalue weighted by Gasteiger charge is -2.06. The van der Waals surface area contributed by atoms with Crippen molar-refractivity contribution in [1.29, 1.82) is 0 Å². The first-order valence-electron chi connectivity index (χ1n) is 4.61. The molecule has 3 nitrogen and oxygen atoms in total. The van der Waals surface area contributed by atoms with Gasteiger partial charge in [0, 0.05) is 13.1 Å². The van der Waals surface area contributed by atoms with Crippen LogP contribution in [0.3, 0.4) is 0 Å². The molecule has 1 aliphatic rings. The van der Waals surface area contributed by atoms with Crippen LogP contribution in [-0.4, -0.2) is 19.0 Å². The zero-order chi connectivity index (χ0) is 9.80. The van der Waals surface area contributed by atoms with E-state index in [0.29, 0.717) is 6.54 Å². The topological polar surface area (TPSA) is 36.4 Å². The highest BCUT2D eigenvalue weighted by atomic mass is 19.1. The Morgan fingerprint density at radius 1 is 1.50 bits per heavy atom. The quantitative estimate of drug-likeness (QED) is 0.731. The van der Waals surface area contributed by atoms with Crippen LogP contribution in [0, 0.1) is 5.82 Å². The van der Waals surface area contributed by atoms with E-state index in [1.165, 1.54) is 12.1 Å². The lowest BCUT2D eigenvalue weighted by Crippen LogP contribution is -2.33. The fraction of sp³-hybridized carbons (Fsp3) is 0.300. The molecule has 1 aliphatic heterocycles. The van der Waals surface area contributed by atoms with Crippen LogP contribution in [0.1, 0.15) is 5.56 Å². The van der Waals surface area contributed by atoms with Crippen molar-refractivity contribution in [2.45, 2.75) is 6.54 Å². The molecule has 0 radical (unpaired) electrons. The van der Waals surface area contributed by atoms with Crippen LogP contribution >= 0.6 is 0 Å². The number of hydrogen-bond acceptors (Lipinski definition) is 3. The molecule has 0 bridgehead atoms. The van der Waals surface area contributed by atoms with Gasteiger partial charge in [-0.1, -0.05) is 12.1 Å². The first-order valence-corrected chi connectivity index (χ1v) is 4.61. The molecular weight excluding hydrogens is 181 g/mol. The third kappa shape index (κ3) is 2.22. The first kappa shape index (κ1) is 8.99. The van der Waals surface area contributed by atoms with Crippen molar-refractivity contribution in [2.75, 3.05) is 13.1 Å². The van der Waals surface area contributed by atoms with Gasteiger partial charge >= 0.3 is 0 Å². The highest BCUT2D eigenvalue weighted by Crippen LogP contribution is 2.02. The van der Waals surface area contributed by atoms with Gasteiger partial charge in [0.1, 0.15) is 5.82 Å². The van der Waals surface area contributed by atoms with E-state index in [0.717, 1.165) is 24.6 Å². The van der Waals surface area contributed by atoms with Gasteiger partial charge in [-0.2, -0.15) is 0 Å². The molecule has 0 spiro atoms. The fourth-order valence-corrected chi connectivity index (χ4v) is 1.35. The second kappa shape index (κ2) is 4.09. The van der Waals surface area contributed by atoms with Crippen LogP contribution in [-0.2, 0) is 6.54 Å². The molecule has 4 heteroatoms. The normalized spacial score (nSPS) is 14.8. The molecular formula is C10H12FN3. The Bertz CT molecular complexity index is 349. The maximum absolute atomic E-state index is 12.8. The van der Waals surface area contributed by atoms with Crippen LogP contribution in [0.5, 0.6) is 0 Å². The number of halogens is 1. The van der Waals surface area contributed by atoms with Gasteiger partial charge in [-0.3, -0.25) is 4.99 Å². The summed E-state index contributed by atoms with van der Waals surface area (Å²) < 4.78 is 12.8. The average Bonchev–Trinajstić information content (AvgIpc) is 2.67. The van der Waals surface area contributed by atoms with Gasteiger partial charge in [-0.15, -0.1) is 0 Å². The van der Waals surface area contributed by atoms with E-state index in [9.17, 15) is 4.39 Å². The van der Waals surface area contributed by atoms with Gasteiger partial charge in [-0.05, 0) is 17.7 Å². The van der Waals surface area contributed by atoms with Gasteiger partial charge in [0.2, 0.25) is 0 Å². The Labute approximate surface area is 82.0 Å². The number of rotatable bonds is 2. The molecule has 0 unspecified atom stereocenters. The van der Waals surface area contributed by atoms with Gasteiger partial charge in [-0.25, -0.2) is 4.39 Å². The minimum Gasteiger partial charge on any atom is -0.355 e. The molecule has 1 aromatic carbocycles. The zero-order valence-electron chi connectivity index (χ0n) is 7.76. The number of hydrogen-bond donors (Lipinski definition) is 2. The summed E-state index contributed by atoms with van der Waals surface area (Å²) in [5.41, 5.74) is 0.918. The lowest BCUT2D eigenvalue weighted by molar-refractivity contribution is 0.624. The highest BCUT2D eigenvalue weighted by Gasteiger charge is 2.03. The molecule has 2 rings (SSSR count). The number of benzene rings is 1. The zero-order valence-corrected chi connectivity index (χ0v) is 7.76. The molecule has 2 N–H and O–H groups in total. The molecule has 0 aliphatic carbocycles. The van der Waals surface area contributed by atoms with Crippen LogP contribution in [0.4, 0.5) is 4.39 Å². The molecule has 0 atom stereocenters. The second-order valence-electron chi connectivity index (χ2n) is 3.14. The van der Waals surface area contributed by atoms with Crippen molar-refractivity contribution < 1.29 is 4.39 Å². The van der Waals surface area contributed by atoms with Crippen LogP contribution in [0.15, 0.2) is 29.3 Å². The minimum absolute atomic E-state index is 0.203. The Morgan fingerprint density at radius 2 is 2.43 bits per heavy atom. The summed E-state index contributed by atoms with van der Waals surface area (Å²) in [5, 5.41) is 6.18. The summed E-state index contributed by atoms with van der Waals surface area (Å²) in [6, 6.07) is 6.54. The number of aliphatic imine (C=N–C) groups is 1. The number of guanidine groups is 1. The predicted molar refractivity (Wildman–Crippen MR) is 53.5 cm³/mol. The summed E-state index contributed by atoms with van der Waals surface area (Å²) in [6.45, 7) is 2.29. The molecule has 1 heterocycles. The number of nitrogens with zero attached hydrogens (tertiary/aromatic N) is 1. The third-order valence-corrected chi connectivity index (χ3v) is 2.02. The Hall–Kier alpha value is -1.58.